The van der Waals surface area contributed by atoms with Gasteiger partial charge in [0.1, 0.15) is 5.60 Å². The molecule has 1 amide bonds. The fourth-order valence-electron chi connectivity index (χ4n) is 4.40. The highest BCUT2D eigenvalue weighted by molar-refractivity contribution is 5.70. The van der Waals surface area contributed by atoms with E-state index in [0.717, 1.165) is 16.7 Å². The Morgan fingerprint density at radius 1 is 1.16 bits per heavy atom. The number of nitrogens with zero attached hydrogens (tertiary/aromatic N) is 3. The zero-order valence-corrected chi connectivity index (χ0v) is 18.9. The number of aryl methyl sites for hydroxylation is 1. The molecule has 0 radical (unpaired) electrons. The van der Waals surface area contributed by atoms with Crippen LogP contribution in [-0.2, 0) is 10.3 Å². The van der Waals surface area contributed by atoms with E-state index in [4.69, 9.17) is 9.26 Å². The van der Waals surface area contributed by atoms with Crippen molar-refractivity contribution in [2.24, 2.45) is 0 Å². The zero-order valence-electron chi connectivity index (χ0n) is 18.9. The van der Waals surface area contributed by atoms with Crippen molar-refractivity contribution in [3.63, 3.8) is 0 Å². The van der Waals surface area contributed by atoms with Gasteiger partial charge in [-0.15, -0.1) is 0 Å². The number of hydrogen-bond donors (Lipinski definition) is 1. The molecule has 2 aromatic carbocycles. The molecule has 3 aromatic rings. The van der Waals surface area contributed by atoms with Crippen LogP contribution in [0.25, 0.3) is 11.4 Å². The summed E-state index contributed by atoms with van der Waals surface area (Å²) in [6.07, 6.45) is 0.545. The molecular weight excluding hydrogens is 406 g/mol. The Bertz CT molecular complexity index is 1070. The first-order valence-corrected chi connectivity index (χ1v) is 10.9. The van der Waals surface area contributed by atoms with Gasteiger partial charge < -0.3 is 19.3 Å². The van der Waals surface area contributed by atoms with Crippen LogP contribution in [0.5, 0.6) is 0 Å². The number of hydrogen-bond acceptors (Lipinski definition) is 6. The molecule has 0 saturated carbocycles. The minimum atomic E-state index is -0.979. The van der Waals surface area contributed by atoms with Gasteiger partial charge in [-0.1, -0.05) is 59.8 Å². The molecule has 0 aliphatic carbocycles. The molecular formula is C25H29N3O4. The molecule has 2 heterocycles. The van der Waals surface area contributed by atoms with E-state index in [0.29, 0.717) is 31.1 Å². The minimum absolute atomic E-state index is 0.167. The van der Waals surface area contributed by atoms with E-state index in [9.17, 15) is 9.90 Å². The van der Waals surface area contributed by atoms with Crippen molar-refractivity contribution in [1.82, 2.24) is 15.0 Å². The van der Waals surface area contributed by atoms with Gasteiger partial charge in [-0.3, -0.25) is 0 Å². The Balaban J connectivity index is 1.53. The van der Waals surface area contributed by atoms with Gasteiger partial charge in [-0.2, -0.15) is 4.98 Å². The van der Waals surface area contributed by atoms with Gasteiger partial charge in [-0.05, 0) is 31.9 Å². The van der Waals surface area contributed by atoms with Crippen LogP contribution in [0.1, 0.15) is 56.7 Å². The number of benzene rings is 2. The summed E-state index contributed by atoms with van der Waals surface area (Å²) in [5.41, 5.74) is 0.913. The fraction of sp³-hybridized carbons (Fsp3) is 0.400. The molecule has 1 saturated heterocycles. The van der Waals surface area contributed by atoms with Crippen LogP contribution in [0.3, 0.4) is 0 Å². The van der Waals surface area contributed by atoms with Gasteiger partial charge in [0.25, 0.3) is 0 Å². The first-order valence-electron chi connectivity index (χ1n) is 10.9. The Kier molecular flexibility index (Phi) is 5.77. The van der Waals surface area contributed by atoms with E-state index in [1.54, 1.807) is 25.7 Å². The SMILES string of the molecule is Cc1nc(-c2ccc([C@H](C)N3CCC(CC(C)(C)O)(c4ccccc4)OC3=O)cc2)no1. The van der Waals surface area contributed by atoms with Crippen molar-refractivity contribution in [3.05, 3.63) is 71.6 Å². The number of rotatable bonds is 6. The van der Waals surface area contributed by atoms with Gasteiger partial charge in [-0.25, -0.2) is 4.79 Å². The Labute approximate surface area is 188 Å². The lowest BCUT2D eigenvalue weighted by molar-refractivity contribution is -0.101. The summed E-state index contributed by atoms with van der Waals surface area (Å²) in [4.78, 5) is 19.1. The average molecular weight is 436 g/mol. The maximum atomic E-state index is 13.2. The van der Waals surface area contributed by atoms with E-state index in [1.165, 1.54) is 0 Å². The van der Waals surface area contributed by atoms with Crippen LogP contribution in [0, 0.1) is 6.92 Å². The van der Waals surface area contributed by atoms with Gasteiger partial charge in [0.15, 0.2) is 0 Å². The van der Waals surface area contributed by atoms with Crippen molar-refractivity contribution in [2.75, 3.05) is 6.54 Å². The number of cyclic esters (lactones) is 1. The molecule has 4 rings (SSSR count). The number of amides is 1. The monoisotopic (exact) mass is 435 g/mol. The lowest BCUT2D eigenvalue weighted by Crippen LogP contribution is -2.51. The molecule has 32 heavy (non-hydrogen) atoms. The van der Waals surface area contributed by atoms with Gasteiger partial charge in [0, 0.05) is 31.9 Å². The van der Waals surface area contributed by atoms with E-state index in [2.05, 4.69) is 10.1 Å². The quantitative estimate of drug-likeness (QED) is 0.586. The molecule has 1 aromatic heterocycles. The molecule has 1 aliphatic rings. The first kappa shape index (κ1) is 22.0. The number of ether oxygens (including phenoxy) is 1. The third kappa shape index (κ3) is 4.53. The second kappa shape index (κ2) is 8.39. The highest BCUT2D eigenvalue weighted by Gasteiger charge is 2.46. The van der Waals surface area contributed by atoms with Crippen LogP contribution in [0.2, 0.25) is 0 Å². The summed E-state index contributed by atoms with van der Waals surface area (Å²) in [6.45, 7) is 7.75. The molecule has 0 bridgehead atoms. The molecule has 2 atom stereocenters. The molecule has 1 fully saturated rings. The van der Waals surface area contributed by atoms with E-state index in [1.807, 2.05) is 61.5 Å². The maximum Gasteiger partial charge on any atom is 0.411 e. The fourth-order valence-corrected chi connectivity index (χ4v) is 4.40. The number of carbonyl (C=O) groups is 1. The molecule has 1 unspecified atom stereocenters. The van der Waals surface area contributed by atoms with Gasteiger partial charge in [0.05, 0.1) is 11.6 Å². The summed E-state index contributed by atoms with van der Waals surface area (Å²) in [5.74, 6) is 1.06. The van der Waals surface area contributed by atoms with E-state index in [-0.39, 0.29) is 12.1 Å². The van der Waals surface area contributed by atoms with Crippen molar-refractivity contribution < 1.29 is 19.2 Å². The smallest absolute Gasteiger partial charge is 0.411 e. The largest absolute Gasteiger partial charge is 0.438 e. The van der Waals surface area contributed by atoms with Crippen LogP contribution >= 0.6 is 0 Å². The number of aliphatic hydroxyl groups is 1. The topological polar surface area (TPSA) is 88.7 Å². The van der Waals surface area contributed by atoms with Crippen molar-refractivity contribution >= 4 is 6.09 Å². The molecule has 7 nitrogen and oxygen atoms in total. The lowest BCUT2D eigenvalue weighted by atomic mass is 9.80. The van der Waals surface area contributed by atoms with E-state index >= 15 is 0 Å². The second-order valence-electron chi connectivity index (χ2n) is 9.10. The normalized spacial score (nSPS) is 20.2. The molecule has 7 heteroatoms. The van der Waals surface area contributed by atoms with Crippen LogP contribution in [0.4, 0.5) is 4.79 Å². The first-order chi connectivity index (χ1) is 15.2. The lowest BCUT2D eigenvalue weighted by Gasteiger charge is -2.45. The maximum absolute atomic E-state index is 13.2. The summed E-state index contributed by atoms with van der Waals surface area (Å²) >= 11 is 0. The molecule has 1 N–H and O–H groups in total. The predicted octanol–water partition coefficient (Wildman–Crippen LogP) is 5.00. The summed E-state index contributed by atoms with van der Waals surface area (Å²) in [7, 11) is 0. The Morgan fingerprint density at radius 2 is 1.84 bits per heavy atom. The highest BCUT2D eigenvalue weighted by Crippen LogP contribution is 2.42. The van der Waals surface area contributed by atoms with Gasteiger partial charge in [0.2, 0.25) is 11.7 Å². The molecule has 168 valence electrons. The van der Waals surface area contributed by atoms with Crippen molar-refractivity contribution in [2.45, 2.75) is 57.8 Å². The minimum Gasteiger partial charge on any atom is -0.438 e. The van der Waals surface area contributed by atoms with Crippen molar-refractivity contribution in [3.8, 4) is 11.4 Å². The number of carbonyl (C=O) groups excluding carboxylic acids is 1. The standard InChI is InChI=1S/C25H29N3O4/c1-17(19-10-12-20(13-11-19)22-26-18(2)32-27-22)28-15-14-25(31-23(28)29,16-24(3,4)30)21-8-6-5-7-9-21/h5-13,17,30H,14-16H2,1-4H3/t17-,25?/m0/s1. The average Bonchev–Trinajstić information content (AvgIpc) is 3.19. The highest BCUT2D eigenvalue weighted by atomic mass is 16.6. The van der Waals surface area contributed by atoms with Crippen LogP contribution < -0.4 is 0 Å². The van der Waals surface area contributed by atoms with Crippen molar-refractivity contribution in [1.29, 1.82) is 0 Å². The molecule has 0 spiro atoms. The third-order valence-electron chi connectivity index (χ3n) is 5.94. The van der Waals surface area contributed by atoms with Gasteiger partial charge >= 0.3 is 6.09 Å². The Hall–Kier alpha value is -3.19. The third-order valence-corrected chi connectivity index (χ3v) is 5.94. The molecule has 1 aliphatic heterocycles. The van der Waals surface area contributed by atoms with Crippen LogP contribution in [0.15, 0.2) is 59.1 Å². The Morgan fingerprint density at radius 3 is 2.41 bits per heavy atom. The predicted molar refractivity (Wildman–Crippen MR) is 120 cm³/mol. The zero-order chi connectivity index (χ0) is 22.9. The van der Waals surface area contributed by atoms with E-state index < -0.39 is 11.2 Å². The summed E-state index contributed by atoms with van der Waals surface area (Å²) in [6, 6.07) is 17.3. The second-order valence-corrected chi connectivity index (χ2v) is 9.10. The number of aromatic nitrogens is 2. The van der Waals surface area contributed by atoms with Crippen LogP contribution in [-0.4, -0.2) is 38.4 Å². The summed E-state index contributed by atoms with van der Waals surface area (Å²) < 4.78 is 11.1. The summed E-state index contributed by atoms with van der Waals surface area (Å²) in [5, 5.41) is 14.5.